The summed E-state index contributed by atoms with van der Waals surface area (Å²) in [5.74, 6) is 0.769. The van der Waals surface area contributed by atoms with E-state index in [1.807, 2.05) is 24.4 Å². The molecule has 0 saturated heterocycles. The fraction of sp³-hybridized carbons (Fsp3) is 0.438. The fourth-order valence-corrected chi connectivity index (χ4v) is 3.95. The van der Waals surface area contributed by atoms with Gasteiger partial charge >= 0.3 is 0 Å². The largest absolute Gasteiger partial charge is 0.259 e. The molecular formula is C32H44N2. The Kier molecular flexibility index (Phi) is 12.9. The maximum absolute atomic E-state index is 9.97. The Hall–Kier alpha value is -2.92. The maximum Gasteiger partial charge on any atom is 0.101 e. The van der Waals surface area contributed by atoms with Crippen LogP contribution in [0, 0.1) is 17.2 Å². The van der Waals surface area contributed by atoms with E-state index in [0.29, 0.717) is 11.5 Å². The van der Waals surface area contributed by atoms with Crippen molar-refractivity contribution in [2.45, 2.75) is 86.5 Å². The fourth-order valence-electron chi connectivity index (χ4n) is 3.95. The first-order valence-electron chi connectivity index (χ1n) is 12.6. The second-order valence-corrected chi connectivity index (χ2v) is 9.45. The molecule has 0 fully saturated rings. The summed E-state index contributed by atoms with van der Waals surface area (Å²) < 4.78 is 0. The summed E-state index contributed by atoms with van der Waals surface area (Å²) in [7, 11) is 0. The van der Waals surface area contributed by atoms with Crippen LogP contribution in [0.25, 0.3) is 5.57 Å². The molecule has 0 saturated carbocycles. The van der Waals surface area contributed by atoms with Crippen LogP contribution in [0.4, 0.5) is 0 Å². The molecule has 0 spiro atoms. The number of hydrogen-bond donors (Lipinski definition) is 0. The average molecular weight is 457 g/mol. The minimum absolute atomic E-state index is 0.282. The van der Waals surface area contributed by atoms with E-state index >= 15 is 0 Å². The summed E-state index contributed by atoms with van der Waals surface area (Å²) >= 11 is 0. The third kappa shape index (κ3) is 8.45. The van der Waals surface area contributed by atoms with Crippen molar-refractivity contribution in [3.05, 3.63) is 94.9 Å². The standard InChI is InChI=1S/C32H44N2/c1-10-14-17-27(15-11-2)32-29(21-33)19-30(22-34-32)31(24(7)8)20-26(13-4)28(16-12-3)18-25(9)23(5)6/h10,13,16,18-20,22-23,27H,1,4,11-12,14-15,17H2,2-3,5-9H3/b25-18+,26-20-,28-16+. The van der Waals surface area contributed by atoms with Crippen LogP contribution < -0.4 is 0 Å². The van der Waals surface area contributed by atoms with Crippen LogP contribution in [-0.2, 0) is 0 Å². The molecular weight excluding hydrogens is 412 g/mol. The van der Waals surface area contributed by atoms with E-state index in [-0.39, 0.29) is 5.92 Å². The number of rotatable bonds is 13. The van der Waals surface area contributed by atoms with E-state index < -0.39 is 0 Å². The van der Waals surface area contributed by atoms with Crippen LogP contribution in [0.5, 0.6) is 0 Å². The minimum Gasteiger partial charge on any atom is -0.259 e. The lowest BCUT2D eigenvalue weighted by molar-refractivity contribution is 0.559. The summed E-state index contributed by atoms with van der Waals surface area (Å²) in [5, 5.41) is 9.97. The summed E-state index contributed by atoms with van der Waals surface area (Å²) in [6.07, 6.45) is 17.5. The van der Waals surface area contributed by atoms with Gasteiger partial charge in [0.15, 0.2) is 0 Å². The number of nitrogens with zero attached hydrogens (tertiary/aromatic N) is 2. The lowest BCUT2D eigenvalue weighted by Crippen LogP contribution is -2.05. The molecule has 34 heavy (non-hydrogen) atoms. The number of pyridine rings is 1. The van der Waals surface area contributed by atoms with Crippen LogP contribution in [-0.4, -0.2) is 4.98 Å². The molecule has 0 aliphatic heterocycles. The third-order valence-corrected chi connectivity index (χ3v) is 6.20. The second kappa shape index (κ2) is 15.1. The number of hydrogen-bond acceptors (Lipinski definition) is 2. The van der Waals surface area contributed by atoms with Crippen molar-refractivity contribution in [2.75, 3.05) is 0 Å². The average Bonchev–Trinajstić information content (AvgIpc) is 2.81. The third-order valence-electron chi connectivity index (χ3n) is 6.20. The summed E-state index contributed by atoms with van der Waals surface area (Å²) in [6, 6.07) is 4.43. The first-order chi connectivity index (χ1) is 16.2. The van der Waals surface area contributed by atoms with Crippen molar-refractivity contribution in [1.82, 2.24) is 4.98 Å². The second-order valence-electron chi connectivity index (χ2n) is 9.45. The molecule has 0 aromatic carbocycles. The highest BCUT2D eigenvalue weighted by Gasteiger charge is 2.18. The Morgan fingerprint density at radius 3 is 2.29 bits per heavy atom. The molecule has 1 unspecified atom stereocenters. The topological polar surface area (TPSA) is 36.7 Å². The predicted molar refractivity (Wildman–Crippen MR) is 150 cm³/mol. The summed E-state index contributed by atoms with van der Waals surface area (Å²) in [5.41, 5.74) is 8.42. The van der Waals surface area contributed by atoms with Gasteiger partial charge in [-0.2, -0.15) is 5.26 Å². The lowest BCUT2D eigenvalue weighted by Gasteiger charge is -2.18. The molecule has 0 aliphatic carbocycles. The Labute approximate surface area is 209 Å². The van der Waals surface area contributed by atoms with Gasteiger partial charge in [-0.05, 0) is 81.2 Å². The molecule has 182 valence electrons. The molecule has 1 aromatic rings. The van der Waals surface area contributed by atoms with Crippen molar-refractivity contribution in [3.63, 3.8) is 0 Å². The van der Waals surface area contributed by atoms with Gasteiger partial charge in [0.05, 0.1) is 11.3 Å². The monoisotopic (exact) mass is 456 g/mol. The van der Waals surface area contributed by atoms with E-state index in [2.05, 4.69) is 85.9 Å². The van der Waals surface area contributed by atoms with Crippen molar-refractivity contribution >= 4 is 5.57 Å². The van der Waals surface area contributed by atoms with Crippen LogP contribution in [0.2, 0.25) is 0 Å². The van der Waals surface area contributed by atoms with Gasteiger partial charge in [-0.1, -0.05) is 76.1 Å². The van der Waals surface area contributed by atoms with E-state index in [4.69, 9.17) is 4.98 Å². The summed E-state index contributed by atoms with van der Waals surface area (Å²) in [6.45, 7) is 23.1. The first kappa shape index (κ1) is 29.1. The Balaban J connectivity index is 3.60. The van der Waals surface area contributed by atoms with Gasteiger partial charge in [-0.15, -0.1) is 6.58 Å². The highest BCUT2D eigenvalue weighted by molar-refractivity contribution is 5.79. The van der Waals surface area contributed by atoms with Crippen LogP contribution in [0.15, 0.2) is 78.1 Å². The quantitative estimate of drug-likeness (QED) is 0.219. The molecule has 1 atom stereocenters. The van der Waals surface area contributed by atoms with Gasteiger partial charge in [0, 0.05) is 17.7 Å². The van der Waals surface area contributed by atoms with E-state index in [9.17, 15) is 5.26 Å². The first-order valence-corrected chi connectivity index (χ1v) is 12.6. The zero-order chi connectivity index (χ0) is 25.7. The highest BCUT2D eigenvalue weighted by atomic mass is 14.7. The van der Waals surface area contributed by atoms with E-state index in [1.165, 1.54) is 16.7 Å². The van der Waals surface area contributed by atoms with Gasteiger partial charge in [0.1, 0.15) is 6.07 Å². The van der Waals surface area contributed by atoms with Crippen molar-refractivity contribution < 1.29 is 0 Å². The van der Waals surface area contributed by atoms with Crippen molar-refractivity contribution in [3.8, 4) is 6.07 Å². The predicted octanol–water partition coefficient (Wildman–Crippen LogP) is 9.65. The van der Waals surface area contributed by atoms with Crippen molar-refractivity contribution in [2.24, 2.45) is 5.92 Å². The SMILES string of the molecule is C=CCCC(CCC)c1ncc(C(\C=C(C=C)/C(=C/CC)/C=C(\C)C(C)C)=C(C)C)cc1C#N. The molecule has 1 heterocycles. The molecule has 2 heteroatoms. The van der Waals surface area contributed by atoms with E-state index in [0.717, 1.165) is 54.5 Å². The van der Waals surface area contributed by atoms with Gasteiger partial charge in [-0.25, -0.2) is 0 Å². The zero-order valence-electron chi connectivity index (χ0n) is 22.5. The Morgan fingerprint density at radius 2 is 1.79 bits per heavy atom. The van der Waals surface area contributed by atoms with Crippen LogP contribution >= 0.6 is 0 Å². The smallest absolute Gasteiger partial charge is 0.101 e. The maximum atomic E-state index is 9.97. The Morgan fingerprint density at radius 1 is 1.09 bits per heavy atom. The van der Waals surface area contributed by atoms with Crippen LogP contribution in [0.1, 0.15) is 103 Å². The molecule has 1 aromatic heterocycles. The normalized spacial score (nSPS) is 13.4. The Bertz CT molecular complexity index is 1000. The number of aromatic nitrogens is 1. The van der Waals surface area contributed by atoms with Gasteiger partial charge in [0.25, 0.3) is 0 Å². The lowest BCUT2D eigenvalue weighted by atomic mass is 9.89. The van der Waals surface area contributed by atoms with Crippen molar-refractivity contribution in [1.29, 1.82) is 5.26 Å². The minimum atomic E-state index is 0.282. The van der Waals surface area contributed by atoms with Gasteiger partial charge in [0.2, 0.25) is 0 Å². The molecule has 0 aliphatic rings. The number of nitriles is 1. The van der Waals surface area contributed by atoms with E-state index in [1.54, 1.807) is 0 Å². The van der Waals surface area contributed by atoms with Gasteiger partial charge in [-0.3, -0.25) is 4.98 Å². The molecule has 0 amide bonds. The molecule has 2 nitrogen and oxygen atoms in total. The van der Waals surface area contributed by atoms with Gasteiger partial charge < -0.3 is 0 Å². The zero-order valence-corrected chi connectivity index (χ0v) is 22.5. The highest BCUT2D eigenvalue weighted by Crippen LogP contribution is 2.31. The molecule has 1 rings (SSSR count). The molecule has 0 N–H and O–H groups in total. The molecule has 0 radical (unpaired) electrons. The number of allylic oxidation sites excluding steroid dienone is 10. The molecule has 0 bridgehead atoms. The van der Waals surface area contributed by atoms with Crippen LogP contribution in [0.3, 0.4) is 0 Å². The summed E-state index contributed by atoms with van der Waals surface area (Å²) in [4.78, 5) is 4.84.